The summed E-state index contributed by atoms with van der Waals surface area (Å²) < 4.78 is 0. The summed E-state index contributed by atoms with van der Waals surface area (Å²) in [6, 6.07) is -1.00. The van der Waals surface area contributed by atoms with Gasteiger partial charge in [-0.3, -0.25) is 4.79 Å². The Kier molecular flexibility index (Phi) is 39.0. The molecule has 0 radical (unpaired) electrons. The van der Waals surface area contributed by atoms with Gasteiger partial charge in [-0.05, 0) is 64.2 Å². The Hall–Kier alpha value is -1.21. The molecule has 0 fully saturated rings. The van der Waals surface area contributed by atoms with Gasteiger partial charge in [-0.25, -0.2) is 0 Å². The number of rotatable bonds is 40. The van der Waals surface area contributed by atoms with E-state index in [1.807, 2.05) is 0 Å². The molecule has 5 N–H and O–H groups in total. The zero-order valence-electron chi connectivity index (χ0n) is 33.9. The van der Waals surface area contributed by atoms with Gasteiger partial charge in [-0.15, -0.1) is 0 Å². The van der Waals surface area contributed by atoms with E-state index in [9.17, 15) is 25.2 Å². The van der Waals surface area contributed by atoms with Crippen molar-refractivity contribution < 1.29 is 25.2 Å². The molecular formula is C45H87NO5. The average Bonchev–Trinajstić information content (AvgIpc) is 3.13. The molecule has 0 saturated heterocycles. The van der Waals surface area contributed by atoms with Crippen molar-refractivity contribution in [1.82, 2.24) is 5.32 Å². The van der Waals surface area contributed by atoms with E-state index >= 15 is 0 Å². The molecule has 0 spiro atoms. The Labute approximate surface area is 316 Å². The second-order valence-electron chi connectivity index (χ2n) is 15.4. The first-order chi connectivity index (χ1) is 25.0. The molecular weight excluding hydrogens is 634 g/mol. The molecule has 0 aliphatic carbocycles. The lowest BCUT2D eigenvalue weighted by Crippen LogP contribution is -2.53. The summed E-state index contributed by atoms with van der Waals surface area (Å²) in [6.07, 6.45) is 45.1. The number of aliphatic hydroxyl groups is 4. The summed E-state index contributed by atoms with van der Waals surface area (Å²) in [5.41, 5.74) is 0. The van der Waals surface area contributed by atoms with Gasteiger partial charge in [-0.1, -0.05) is 186 Å². The number of carbonyl (C=O) groups excluding carboxylic acids is 1. The minimum absolute atomic E-state index is 0.349. The van der Waals surface area contributed by atoms with E-state index in [0.29, 0.717) is 12.8 Å². The van der Waals surface area contributed by atoms with Crippen molar-refractivity contribution in [2.45, 2.75) is 250 Å². The van der Waals surface area contributed by atoms with Crippen LogP contribution in [0.4, 0.5) is 0 Å². The monoisotopic (exact) mass is 722 g/mol. The molecule has 4 unspecified atom stereocenters. The predicted octanol–water partition coefficient (Wildman–Crippen LogP) is 11.6. The maximum Gasteiger partial charge on any atom is 0.249 e. The third kappa shape index (κ3) is 34.3. The lowest BCUT2D eigenvalue weighted by molar-refractivity contribution is -0.132. The van der Waals surface area contributed by atoms with E-state index in [1.54, 1.807) is 0 Å². The van der Waals surface area contributed by atoms with Crippen LogP contribution in [0.15, 0.2) is 24.3 Å². The molecule has 0 aromatic rings. The van der Waals surface area contributed by atoms with Crippen molar-refractivity contribution in [3.05, 3.63) is 24.3 Å². The van der Waals surface area contributed by atoms with Gasteiger partial charge in [-0.2, -0.15) is 0 Å². The Balaban J connectivity index is 3.71. The first-order valence-electron chi connectivity index (χ1n) is 22.2. The van der Waals surface area contributed by atoms with Crippen LogP contribution in [0.3, 0.4) is 0 Å². The van der Waals surface area contributed by atoms with Crippen molar-refractivity contribution in [2.24, 2.45) is 0 Å². The molecule has 6 nitrogen and oxygen atoms in total. The minimum Gasteiger partial charge on any atom is -0.394 e. The Morgan fingerprint density at radius 3 is 1.22 bits per heavy atom. The standard InChI is InChI=1S/C45H87NO5/c1-3-5-7-9-11-13-15-16-17-18-19-20-21-22-23-24-25-26-27-29-30-32-34-36-38-42(48)44(50)41(40-47)46-45(51)43(49)39-37-35-33-31-28-14-12-10-8-6-4-2/h12,14,30,32,41-44,47-50H,3-11,13,15-29,31,33-40H2,1-2H3,(H,46,51)/b14-12-,32-30+. The molecule has 51 heavy (non-hydrogen) atoms. The van der Waals surface area contributed by atoms with Gasteiger partial charge in [0.15, 0.2) is 0 Å². The van der Waals surface area contributed by atoms with Crippen LogP contribution in [0.2, 0.25) is 0 Å². The molecule has 6 heteroatoms. The van der Waals surface area contributed by atoms with E-state index in [0.717, 1.165) is 57.8 Å². The fraction of sp³-hybridized carbons (Fsp3) is 0.889. The van der Waals surface area contributed by atoms with Gasteiger partial charge in [0.2, 0.25) is 5.91 Å². The maximum absolute atomic E-state index is 12.4. The van der Waals surface area contributed by atoms with Crippen LogP contribution in [0.1, 0.15) is 226 Å². The van der Waals surface area contributed by atoms with Crippen LogP contribution >= 0.6 is 0 Å². The highest BCUT2D eigenvalue weighted by Crippen LogP contribution is 2.16. The molecule has 1 amide bonds. The van der Waals surface area contributed by atoms with Crippen LogP contribution in [0.5, 0.6) is 0 Å². The summed E-state index contributed by atoms with van der Waals surface area (Å²) in [4.78, 5) is 12.4. The SMILES string of the molecule is CCCCC/C=C\CCCCCCC(O)C(=O)NC(CO)C(O)C(O)CCC/C=C/CCCCCCCCCCCCCCCCCCCCC. The minimum atomic E-state index is -1.28. The Morgan fingerprint density at radius 2 is 0.804 bits per heavy atom. The molecule has 0 rings (SSSR count). The van der Waals surface area contributed by atoms with Crippen LogP contribution in [0.25, 0.3) is 0 Å². The largest absolute Gasteiger partial charge is 0.394 e. The lowest BCUT2D eigenvalue weighted by Gasteiger charge is -2.27. The molecule has 0 bridgehead atoms. The van der Waals surface area contributed by atoms with Crippen molar-refractivity contribution in [3.63, 3.8) is 0 Å². The summed E-state index contributed by atoms with van der Waals surface area (Å²) in [5.74, 6) is -0.604. The Morgan fingerprint density at radius 1 is 0.471 bits per heavy atom. The number of nitrogens with one attached hydrogen (secondary N) is 1. The second-order valence-corrected chi connectivity index (χ2v) is 15.4. The zero-order valence-corrected chi connectivity index (χ0v) is 33.9. The molecule has 302 valence electrons. The van der Waals surface area contributed by atoms with Gasteiger partial charge in [0.05, 0.1) is 18.8 Å². The number of hydrogen-bond acceptors (Lipinski definition) is 5. The van der Waals surface area contributed by atoms with Crippen molar-refractivity contribution >= 4 is 5.91 Å². The van der Waals surface area contributed by atoms with Crippen LogP contribution in [-0.4, -0.2) is 57.3 Å². The number of unbranched alkanes of at least 4 members (excludes halogenated alkanes) is 27. The van der Waals surface area contributed by atoms with Crippen LogP contribution < -0.4 is 5.32 Å². The number of carbonyl (C=O) groups is 1. The van der Waals surface area contributed by atoms with E-state index in [2.05, 4.69) is 43.5 Å². The molecule has 0 aromatic carbocycles. The topological polar surface area (TPSA) is 110 Å². The average molecular weight is 722 g/mol. The fourth-order valence-corrected chi connectivity index (χ4v) is 6.81. The van der Waals surface area contributed by atoms with Crippen LogP contribution in [-0.2, 0) is 4.79 Å². The highest BCUT2D eigenvalue weighted by atomic mass is 16.3. The molecule has 0 aliphatic rings. The van der Waals surface area contributed by atoms with Gasteiger partial charge >= 0.3 is 0 Å². The molecule has 4 atom stereocenters. The fourth-order valence-electron chi connectivity index (χ4n) is 6.81. The highest BCUT2D eigenvalue weighted by Gasteiger charge is 2.28. The van der Waals surface area contributed by atoms with Gasteiger partial charge in [0, 0.05) is 0 Å². The number of amides is 1. The van der Waals surface area contributed by atoms with Crippen LogP contribution in [0, 0.1) is 0 Å². The maximum atomic E-state index is 12.4. The van der Waals surface area contributed by atoms with Crippen molar-refractivity contribution in [3.8, 4) is 0 Å². The second kappa shape index (κ2) is 40.0. The first-order valence-corrected chi connectivity index (χ1v) is 22.2. The summed E-state index contributed by atoms with van der Waals surface area (Å²) in [6.45, 7) is 4.00. The van der Waals surface area contributed by atoms with E-state index in [1.165, 1.54) is 141 Å². The van der Waals surface area contributed by atoms with E-state index in [4.69, 9.17) is 0 Å². The normalized spacial score (nSPS) is 14.4. The zero-order chi connectivity index (χ0) is 37.5. The number of hydrogen-bond donors (Lipinski definition) is 5. The number of aliphatic hydroxyl groups excluding tert-OH is 4. The first kappa shape index (κ1) is 49.8. The third-order valence-corrected chi connectivity index (χ3v) is 10.4. The van der Waals surface area contributed by atoms with E-state index in [-0.39, 0.29) is 0 Å². The van der Waals surface area contributed by atoms with Gasteiger partial charge in [0.25, 0.3) is 0 Å². The quantitative estimate of drug-likeness (QED) is 0.0320. The molecule has 0 aromatic heterocycles. The molecule has 0 saturated carbocycles. The third-order valence-electron chi connectivity index (χ3n) is 10.4. The summed E-state index contributed by atoms with van der Waals surface area (Å²) >= 11 is 0. The highest BCUT2D eigenvalue weighted by molar-refractivity contribution is 5.80. The Bertz CT molecular complexity index is 772. The number of allylic oxidation sites excluding steroid dienone is 4. The van der Waals surface area contributed by atoms with Gasteiger partial charge in [0.1, 0.15) is 12.2 Å². The summed E-state index contributed by atoms with van der Waals surface area (Å²) in [5, 5.41) is 43.5. The van der Waals surface area contributed by atoms with Crippen molar-refractivity contribution in [2.75, 3.05) is 6.61 Å². The molecule has 0 aliphatic heterocycles. The molecule has 0 heterocycles. The van der Waals surface area contributed by atoms with E-state index < -0.39 is 36.9 Å². The van der Waals surface area contributed by atoms with Crippen molar-refractivity contribution in [1.29, 1.82) is 0 Å². The summed E-state index contributed by atoms with van der Waals surface area (Å²) in [7, 11) is 0. The van der Waals surface area contributed by atoms with Gasteiger partial charge < -0.3 is 25.7 Å². The lowest BCUT2D eigenvalue weighted by atomic mass is 10.00. The smallest absolute Gasteiger partial charge is 0.249 e. The predicted molar refractivity (Wildman–Crippen MR) is 219 cm³/mol.